The number of nitrogens with one attached hydrogen (secondary N) is 1. The minimum Gasteiger partial charge on any atom is -0.353 e. The monoisotopic (exact) mass is 229 g/mol. The molecule has 0 saturated heterocycles. The topological polar surface area (TPSA) is 58.4 Å². The Labute approximate surface area is 99.6 Å². The molecule has 0 radical (unpaired) electrons. The van der Waals surface area contributed by atoms with Gasteiger partial charge in [-0.15, -0.1) is 0 Å². The van der Waals surface area contributed by atoms with Gasteiger partial charge in [-0.05, 0) is 26.3 Å². The van der Waals surface area contributed by atoms with Crippen molar-refractivity contribution >= 4 is 5.91 Å². The van der Waals surface area contributed by atoms with Gasteiger partial charge in [-0.1, -0.05) is 20.8 Å². The van der Waals surface area contributed by atoms with Crippen LogP contribution in [0.4, 0.5) is 0 Å². The van der Waals surface area contributed by atoms with Crippen molar-refractivity contribution in [1.29, 1.82) is 0 Å². The third kappa shape index (κ3) is 5.47. The molecule has 0 rings (SSSR count). The number of amides is 1. The standard InChI is InChI=1S/C12H27N3O/c1-6-10(4)15(5)8-7-14-12(16)11(13)9(2)3/h9-11H,6-8,13H2,1-5H3,(H,14,16)/t10?,11-/m1/s1. The molecule has 96 valence electrons. The van der Waals surface area contributed by atoms with E-state index in [1.54, 1.807) is 0 Å². The van der Waals surface area contributed by atoms with Gasteiger partial charge < -0.3 is 16.0 Å². The maximum absolute atomic E-state index is 11.6. The Morgan fingerprint density at radius 2 is 1.94 bits per heavy atom. The molecule has 0 aromatic carbocycles. The minimum atomic E-state index is -0.395. The van der Waals surface area contributed by atoms with E-state index in [9.17, 15) is 4.79 Å². The van der Waals surface area contributed by atoms with Crippen LogP contribution in [0.2, 0.25) is 0 Å². The van der Waals surface area contributed by atoms with Gasteiger partial charge in [-0.2, -0.15) is 0 Å². The maximum atomic E-state index is 11.6. The van der Waals surface area contributed by atoms with Gasteiger partial charge in [0.05, 0.1) is 6.04 Å². The fourth-order valence-electron chi connectivity index (χ4n) is 1.31. The highest BCUT2D eigenvalue weighted by Gasteiger charge is 2.16. The van der Waals surface area contributed by atoms with E-state index in [1.807, 2.05) is 13.8 Å². The average molecular weight is 229 g/mol. The summed E-state index contributed by atoms with van der Waals surface area (Å²) < 4.78 is 0. The number of nitrogens with two attached hydrogens (primary N) is 1. The number of nitrogens with zero attached hydrogens (tertiary/aromatic N) is 1. The van der Waals surface area contributed by atoms with Crippen LogP contribution in [-0.2, 0) is 4.79 Å². The van der Waals surface area contributed by atoms with Gasteiger partial charge >= 0.3 is 0 Å². The van der Waals surface area contributed by atoms with Crippen LogP contribution in [0.1, 0.15) is 34.1 Å². The van der Waals surface area contributed by atoms with E-state index < -0.39 is 6.04 Å². The van der Waals surface area contributed by atoms with Gasteiger partial charge in [-0.25, -0.2) is 0 Å². The molecular formula is C12H27N3O. The molecule has 0 saturated carbocycles. The number of carbonyl (C=O) groups excluding carboxylic acids is 1. The highest BCUT2D eigenvalue weighted by atomic mass is 16.2. The van der Waals surface area contributed by atoms with E-state index in [1.165, 1.54) is 0 Å². The van der Waals surface area contributed by atoms with Crippen molar-refractivity contribution < 1.29 is 4.79 Å². The van der Waals surface area contributed by atoms with E-state index in [2.05, 4.69) is 31.1 Å². The summed E-state index contributed by atoms with van der Waals surface area (Å²) in [5.74, 6) is 0.139. The molecule has 1 amide bonds. The normalized spacial score (nSPS) is 15.2. The van der Waals surface area contributed by atoms with E-state index in [-0.39, 0.29) is 11.8 Å². The van der Waals surface area contributed by atoms with Crippen LogP contribution in [0.25, 0.3) is 0 Å². The SMILES string of the molecule is CCC(C)N(C)CCNC(=O)[C@H](N)C(C)C. The second-order valence-corrected chi connectivity index (χ2v) is 4.80. The number of carbonyl (C=O) groups is 1. The molecule has 0 fully saturated rings. The lowest BCUT2D eigenvalue weighted by molar-refractivity contribution is -0.123. The summed E-state index contributed by atoms with van der Waals surface area (Å²) in [7, 11) is 2.07. The summed E-state index contributed by atoms with van der Waals surface area (Å²) in [6.07, 6.45) is 1.12. The van der Waals surface area contributed by atoms with E-state index in [0.29, 0.717) is 12.6 Å². The Morgan fingerprint density at radius 3 is 2.38 bits per heavy atom. The Bertz CT molecular complexity index is 206. The molecule has 1 unspecified atom stereocenters. The molecule has 0 spiro atoms. The van der Waals surface area contributed by atoms with Gasteiger partial charge in [0, 0.05) is 19.1 Å². The minimum absolute atomic E-state index is 0.0486. The molecule has 3 N–H and O–H groups in total. The quantitative estimate of drug-likeness (QED) is 0.679. The first-order chi connectivity index (χ1) is 7.40. The first-order valence-electron chi connectivity index (χ1n) is 6.13. The highest BCUT2D eigenvalue weighted by molar-refractivity contribution is 5.81. The lowest BCUT2D eigenvalue weighted by Gasteiger charge is -2.24. The van der Waals surface area contributed by atoms with Crippen LogP contribution >= 0.6 is 0 Å². The van der Waals surface area contributed by atoms with Crippen LogP contribution in [0, 0.1) is 5.92 Å². The average Bonchev–Trinajstić information content (AvgIpc) is 2.26. The molecule has 0 aliphatic heterocycles. The molecule has 16 heavy (non-hydrogen) atoms. The van der Waals surface area contributed by atoms with Crippen molar-refractivity contribution in [2.75, 3.05) is 20.1 Å². The highest BCUT2D eigenvalue weighted by Crippen LogP contribution is 1.99. The predicted octanol–water partition coefficient (Wildman–Crippen LogP) is 0.816. The van der Waals surface area contributed by atoms with Crippen LogP contribution in [0.5, 0.6) is 0 Å². The number of likely N-dealkylation sites (N-methyl/N-ethyl adjacent to an activating group) is 1. The van der Waals surface area contributed by atoms with Crippen molar-refractivity contribution in [2.45, 2.75) is 46.2 Å². The van der Waals surface area contributed by atoms with Gasteiger partial charge in [0.15, 0.2) is 0 Å². The summed E-state index contributed by atoms with van der Waals surface area (Å²) in [4.78, 5) is 13.8. The Morgan fingerprint density at radius 1 is 1.38 bits per heavy atom. The Kier molecular flexibility index (Phi) is 7.34. The van der Waals surface area contributed by atoms with Crippen LogP contribution in [-0.4, -0.2) is 43.0 Å². The predicted molar refractivity (Wildman–Crippen MR) is 68.2 cm³/mol. The van der Waals surface area contributed by atoms with Crippen molar-refractivity contribution in [3.8, 4) is 0 Å². The Balaban J connectivity index is 3.78. The zero-order valence-corrected chi connectivity index (χ0v) is 11.3. The molecule has 4 nitrogen and oxygen atoms in total. The van der Waals surface area contributed by atoms with Crippen molar-refractivity contribution in [3.05, 3.63) is 0 Å². The zero-order valence-electron chi connectivity index (χ0n) is 11.3. The molecule has 0 aliphatic carbocycles. The lowest BCUT2D eigenvalue weighted by atomic mass is 10.1. The molecule has 2 atom stereocenters. The first-order valence-corrected chi connectivity index (χ1v) is 6.13. The molecule has 0 aromatic rings. The first kappa shape index (κ1) is 15.4. The van der Waals surface area contributed by atoms with Crippen molar-refractivity contribution in [3.63, 3.8) is 0 Å². The fourth-order valence-corrected chi connectivity index (χ4v) is 1.31. The molecule has 0 heterocycles. The molecule has 0 bridgehead atoms. The van der Waals surface area contributed by atoms with Crippen LogP contribution in [0.3, 0.4) is 0 Å². The van der Waals surface area contributed by atoms with Gasteiger partial charge in [0.2, 0.25) is 5.91 Å². The lowest BCUT2D eigenvalue weighted by Crippen LogP contribution is -2.46. The van der Waals surface area contributed by atoms with Gasteiger partial charge in [-0.3, -0.25) is 4.79 Å². The molecular weight excluding hydrogens is 202 g/mol. The molecule has 4 heteroatoms. The van der Waals surface area contributed by atoms with Gasteiger partial charge in [0.1, 0.15) is 0 Å². The van der Waals surface area contributed by atoms with E-state index >= 15 is 0 Å². The second-order valence-electron chi connectivity index (χ2n) is 4.80. The maximum Gasteiger partial charge on any atom is 0.237 e. The van der Waals surface area contributed by atoms with Crippen molar-refractivity contribution in [1.82, 2.24) is 10.2 Å². The third-order valence-corrected chi connectivity index (χ3v) is 3.13. The van der Waals surface area contributed by atoms with Crippen LogP contribution < -0.4 is 11.1 Å². The van der Waals surface area contributed by atoms with Gasteiger partial charge in [0.25, 0.3) is 0 Å². The number of hydrogen-bond acceptors (Lipinski definition) is 3. The summed E-state index contributed by atoms with van der Waals surface area (Å²) in [6.45, 7) is 9.78. The second kappa shape index (κ2) is 7.63. The summed E-state index contributed by atoms with van der Waals surface area (Å²) in [5.41, 5.74) is 5.74. The summed E-state index contributed by atoms with van der Waals surface area (Å²) in [6, 6.07) is 0.157. The van der Waals surface area contributed by atoms with E-state index in [0.717, 1.165) is 13.0 Å². The Hall–Kier alpha value is -0.610. The smallest absolute Gasteiger partial charge is 0.237 e. The van der Waals surface area contributed by atoms with Crippen molar-refractivity contribution in [2.24, 2.45) is 11.7 Å². The number of rotatable bonds is 7. The molecule has 0 aliphatic rings. The summed E-state index contributed by atoms with van der Waals surface area (Å²) in [5, 5.41) is 2.87. The zero-order chi connectivity index (χ0) is 12.7. The fraction of sp³-hybridized carbons (Fsp3) is 0.917. The number of hydrogen-bond donors (Lipinski definition) is 2. The van der Waals surface area contributed by atoms with E-state index in [4.69, 9.17) is 5.73 Å². The largest absolute Gasteiger partial charge is 0.353 e. The van der Waals surface area contributed by atoms with Crippen LogP contribution in [0.15, 0.2) is 0 Å². The molecule has 0 aromatic heterocycles. The third-order valence-electron chi connectivity index (χ3n) is 3.13. The summed E-state index contributed by atoms with van der Waals surface area (Å²) >= 11 is 0.